The lowest BCUT2D eigenvalue weighted by molar-refractivity contribution is -0.116. The van der Waals surface area contributed by atoms with Crippen LogP contribution < -0.4 is 16.0 Å². The highest BCUT2D eigenvalue weighted by molar-refractivity contribution is 8.00. The number of anilines is 2. The molecule has 9 heteroatoms. The molecule has 0 aliphatic rings. The standard InChI is InChI=1S/C37H29Cl2N3O3S/c1-24-12-14-25(15-13-24)22-33(42-35(43)27-10-6-3-7-11-27)36(44)40-28-16-19-30(20-17-28)46-34(26-8-4-2-5-9-26)37(45)41-29-18-21-31(38)32(39)23-29/h2-23,34H,1H3,(H,40,44)(H,41,45)(H,42,43)/b33-22-. The maximum atomic E-state index is 13.5. The molecule has 0 aromatic heterocycles. The third-order valence-electron chi connectivity index (χ3n) is 6.81. The van der Waals surface area contributed by atoms with Crippen LogP contribution in [0, 0.1) is 6.92 Å². The van der Waals surface area contributed by atoms with E-state index in [9.17, 15) is 14.4 Å². The molecule has 0 bridgehead atoms. The number of benzene rings is 5. The van der Waals surface area contributed by atoms with Crippen molar-refractivity contribution < 1.29 is 14.4 Å². The Morgan fingerprint density at radius 3 is 1.98 bits per heavy atom. The summed E-state index contributed by atoms with van der Waals surface area (Å²) in [6.07, 6.45) is 1.64. The van der Waals surface area contributed by atoms with Crippen molar-refractivity contribution >= 4 is 70.1 Å². The minimum Gasteiger partial charge on any atom is -0.325 e. The minimum atomic E-state index is -0.576. The molecule has 1 unspecified atom stereocenters. The van der Waals surface area contributed by atoms with E-state index in [4.69, 9.17) is 23.2 Å². The van der Waals surface area contributed by atoms with E-state index in [2.05, 4.69) is 16.0 Å². The molecule has 0 saturated heterocycles. The first-order chi connectivity index (χ1) is 22.2. The van der Waals surface area contributed by atoms with E-state index in [0.717, 1.165) is 21.6 Å². The molecule has 5 rings (SSSR count). The van der Waals surface area contributed by atoms with Crippen molar-refractivity contribution in [2.45, 2.75) is 17.1 Å². The number of hydrogen-bond donors (Lipinski definition) is 3. The molecule has 0 spiro atoms. The van der Waals surface area contributed by atoms with Crippen LogP contribution in [0.25, 0.3) is 6.08 Å². The van der Waals surface area contributed by atoms with E-state index in [1.807, 2.05) is 79.7 Å². The molecule has 46 heavy (non-hydrogen) atoms. The lowest BCUT2D eigenvalue weighted by Gasteiger charge is -2.18. The summed E-state index contributed by atoms with van der Waals surface area (Å²) in [7, 11) is 0. The van der Waals surface area contributed by atoms with E-state index in [0.29, 0.717) is 27.0 Å². The van der Waals surface area contributed by atoms with Crippen LogP contribution >= 0.6 is 35.0 Å². The topological polar surface area (TPSA) is 87.3 Å². The average molecular weight is 667 g/mol. The number of carbonyl (C=O) groups is 3. The van der Waals surface area contributed by atoms with Crippen LogP contribution in [0.15, 0.2) is 138 Å². The Morgan fingerprint density at radius 1 is 0.696 bits per heavy atom. The fourth-order valence-electron chi connectivity index (χ4n) is 4.41. The van der Waals surface area contributed by atoms with Crippen LogP contribution in [-0.2, 0) is 9.59 Å². The van der Waals surface area contributed by atoms with Gasteiger partial charge in [-0.2, -0.15) is 0 Å². The summed E-state index contributed by atoms with van der Waals surface area (Å²) >= 11 is 13.6. The molecule has 0 saturated carbocycles. The molecule has 5 aromatic rings. The van der Waals surface area contributed by atoms with Gasteiger partial charge in [0, 0.05) is 21.8 Å². The van der Waals surface area contributed by atoms with Crippen molar-refractivity contribution in [2.24, 2.45) is 0 Å². The second-order valence-electron chi connectivity index (χ2n) is 10.3. The summed E-state index contributed by atoms with van der Waals surface area (Å²) in [6, 6.07) is 37.9. The molecule has 0 aliphatic carbocycles. The number of thioether (sulfide) groups is 1. The number of hydrogen-bond acceptors (Lipinski definition) is 4. The van der Waals surface area contributed by atoms with Crippen LogP contribution in [0.4, 0.5) is 11.4 Å². The number of aryl methyl sites for hydroxylation is 1. The predicted molar refractivity (Wildman–Crippen MR) is 188 cm³/mol. The van der Waals surface area contributed by atoms with Gasteiger partial charge in [-0.25, -0.2) is 0 Å². The van der Waals surface area contributed by atoms with Crippen molar-refractivity contribution in [3.05, 3.63) is 165 Å². The molecule has 3 N–H and O–H groups in total. The first kappa shape index (κ1) is 32.6. The van der Waals surface area contributed by atoms with Crippen molar-refractivity contribution in [3.63, 3.8) is 0 Å². The Kier molecular flexibility index (Phi) is 10.9. The third-order valence-corrected chi connectivity index (χ3v) is 8.82. The summed E-state index contributed by atoms with van der Waals surface area (Å²) < 4.78 is 0. The Hall–Kier alpha value is -4.82. The van der Waals surface area contributed by atoms with E-state index >= 15 is 0 Å². The summed E-state index contributed by atoms with van der Waals surface area (Å²) in [4.78, 5) is 40.6. The molecular weight excluding hydrogens is 637 g/mol. The highest BCUT2D eigenvalue weighted by Crippen LogP contribution is 2.37. The van der Waals surface area contributed by atoms with Gasteiger partial charge in [-0.3, -0.25) is 14.4 Å². The van der Waals surface area contributed by atoms with Gasteiger partial charge in [0.25, 0.3) is 11.8 Å². The lowest BCUT2D eigenvalue weighted by Crippen LogP contribution is -2.30. The molecule has 0 aliphatic heterocycles. The first-order valence-corrected chi connectivity index (χ1v) is 15.9. The highest BCUT2D eigenvalue weighted by Gasteiger charge is 2.23. The van der Waals surface area contributed by atoms with Gasteiger partial charge in [0.2, 0.25) is 5.91 Å². The Morgan fingerprint density at radius 2 is 1.33 bits per heavy atom. The third kappa shape index (κ3) is 8.88. The second-order valence-corrected chi connectivity index (χ2v) is 12.3. The Bertz CT molecular complexity index is 1860. The fraction of sp³-hybridized carbons (Fsp3) is 0.0541. The lowest BCUT2D eigenvalue weighted by atomic mass is 10.1. The van der Waals surface area contributed by atoms with Gasteiger partial charge in [0.15, 0.2) is 0 Å². The molecule has 0 radical (unpaired) electrons. The van der Waals surface area contributed by atoms with Crippen LogP contribution in [-0.4, -0.2) is 17.7 Å². The highest BCUT2D eigenvalue weighted by atomic mass is 35.5. The molecule has 3 amide bonds. The largest absolute Gasteiger partial charge is 0.325 e. The van der Waals surface area contributed by atoms with E-state index < -0.39 is 17.1 Å². The Balaban J connectivity index is 1.32. The number of amides is 3. The van der Waals surface area contributed by atoms with Crippen LogP contribution in [0.5, 0.6) is 0 Å². The zero-order valence-corrected chi connectivity index (χ0v) is 27.0. The summed E-state index contributed by atoms with van der Waals surface area (Å²) in [5, 5.41) is 8.73. The number of nitrogens with one attached hydrogen (secondary N) is 3. The monoisotopic (exact) mass is 665 g/mol. The molecule has 0 heterocycles. The number of carbonyl (C=O) groups excluding carboxylic acids is 3. The van der Waals surface area contributed by atoms with Crippen molar-refractivity contribution in [3.8, 4) is 0 Å². The van der Waals surface area contributed by atoms with Crippen LogP contribution in [0.2, 0.25) is 10.0 Å². The van der Waals surface area contributed by atoms with Gasteiger partial charge in [-0.1, -0.05) is 102 Å². The van der Waals surface area contributed by atoms with Crippen molar-refractivity contribution in [1.29, 1.82) is 0 Å². The maximum Gasteiger partial charge on any atom is 0.272 e. The maximum absolute atomic E-state index is 13.5. The number of rotatable bonds is 10. The van der Waals surface area contributed by atoms with Crippen LogP contribution in [0.1, 0.15) is 32.3 Å². The molecular formula is C37H29Cl2N3O3S. The normalized spacial score (nSPS) is 11.8. The SMILES string of the molecule is Cc1ccc(/C=C(\NC(=O)c2ccccc2)C(=O)Nc2ccc(SC(C(=O)Nc3ccc(Cl)c(Cl)c3)c3ccccc3)cc2)cc1. The fourth-order valence-corrected chi connectivity index (χ4v) is 5.73. The molecule has 1 atom stereocenters. The zero-order valence-electron chi connectivity index (χ0n) is 24.7. The molecule has 5 aromatic carbocycles. The summed E-state index contributed by atoms with van der Waals surface area (Å²) in [5.74, 6) is -1.10. The van der Waals surface area contributed by atoms with Gasteiger partial charge in [0.05, 0.1) is 10.0 Å². The second kappa shape index (κ2) is 15.5. The van der Waals surface area contributed by atoms with Crippen LogP contribution in [0.3, 0.4) is 0 Å². The van der Waals surface area contributed by atoms with E-state index in [-0.39, 0.29) is 11.6 Å². The predicted octanol–water partition coefficient (Wildman–Crippen LogP) is 9.18. The van der Waals surface area contributed by atoms with Crippen molar-refractivity contribution in [2.75, 3.05) is 10.6 Å². The smallest absolute Gasteiger partial charge is 0.272 e. The van der Waals surface area contributed by atoms with Gasteiger partial charge < -0.3 is 16.0 Å². The molecule has 0 fully saturated rings. The zero-order chi connectivity index (χ0) is 32.5. The van der Waals surface area contributed by atoms with Gasteiger partial charge in [-0.05, 0) is 78.7 Å². The summed E-state index contributed by atoms with van der Waals surface area (Å²) in [6.45, 7) is 1.98. The quantitative estimate of drug-likeness (QED) is 0.103. The molecule has 6 nitrogen and oxygen atoms in total. The number of halogens is 2. The van der Waals surface area contributed by atoms with E-state index in [1.54, 1.807) is 60.7 Å². The van der Waals surface area contributed by atoms with Gasteiger partial charge >= 0.3 is 0 Å². The minimum absolute atomic E-state index is 0.0965. The molecule has 230 valence electrons. The van der Waals surface area contributed by atoms with Gasteiger partial charge in [0.1, 0.15) is 10.9 Å². The summed E-state index contributed by atoms with van der Waals surface area (Å²) in [5.41, 5.74) is 4.25. The van der Waals surface area contributed by atoms with Gasteiger partial charge in [-0.15, -0.1) is 11.8 Å². The first-order valence-electron chi connectivity index (χ1n) is 14.3. The van der Waals surface area contributed by atoms with E-state index in [1.165, 1.54) is 11.8 Å². The Labute approximate surface area is 281 Å². The average Bonchev–Trinajstić information content (AvgIpc) is 3.07. The van der Waals surface area contributed by atoms with Crippen molar-refractivity contribution in [1.82, 2.24) is 5.32 Å².